The van der Waals surface area contributed by atoms with E-state index in [-0.39, 0.29) is 0 Å². The molecule has 0 bridgehead atoms. The van der Waals surface area contributed by atoms with Gasteiger partial charge in [-0.15, -0.1) is 0 Å². The molecule has 3 aromatic rings. The van der Waals surface area contributed by atoms with E-state index in [9.17, 15) is 0 Å². The maximum atomic E-state index is 4.10. The monoisotopic (exact) mass is 195 g/mol. The average molecular weight is 195 g/mol. The third-order valence-corrected chi connectivity index (χ3v) is 2.39. The van der Waals surface area contributed by atoms with Crippen molar-refractivity contribution in [2.45, 2.75) is 0 Å². The van der Waals surface area contributed by atoms with E-state index in [1.54, 1.807) is 12.4 Å². The van der Waals surface area contributed by atoms with Crippen molar-refractivity contribution in [3.8, 4) is 11.3 Å². The Morgan fingerprint density at radius 2 is 1.93 bits per heavy atom. The molecule has 0 saturated carbocycles. The van der Waals surface area contributed by atoms with Crippen LogP contribution in [0.4, 0.5) is 0 Å². The van der Waals surface area contributed by atoms with Crippen LogP contribution < -0.4 is 0 Å². The maximum absolute atomic E-state index is 4.10. The van der Waals surface area contributed by atoms with E-state index >= 15 is 0 Å². The Morgan fingerprint density at radius 1 is 1.00 bits per heavy atom. The first-order valence-electron chi connectivity index (χ1n) is 4.76. The lowest BCUT2D eigenvalue weighted by Crippen LogP contribution is -1.77. The predicted octanol–water partition coefficient (Wildman–Crippen LogP) is 2.62. The zero-order valence-corrected chi connectivity index (χ0v) is 8.01. The fraction of sp³-hybridized carbons (Fsp3) is 0. The van der Waals surface area contributed by atoms with Gasteiger partial charge in [-0.2, -0.15) is 0 Å². The molecule has 3 aromatic heterocycles. The third-order valence-electron chi connectivity index (χ3n) is 2.39. The molecular formula is C12H9N3. The average Bonchev–Trinajstić information content (AvgIpc) is 2.74. The van der Waals surface area contributed by atoms with Gasteiger partial charge >= 0.3 is 0 Å². The number of nitrogens with one attached hydrogen (secondary N) is 1. The zero-order chi connectivity index (χ0) is 10.1. The molecule has 0 aromatic carbocycles. The van der Waals surface area contributed by atoms with Crippen molar-refractivity contribution in [3.05, 3.63) is 49.1 Å². The highest BCUT2D eigenvalue weighted by molar-refractivity contribution is 5.84. The minimum absolute atomic E-state index is 1.08. The number of rotatable bonds is 1. The molecule has 0 radical (unpaired) electrons. The summed E-state index contributed by atoms with van der Waals surface area (Å²) >= 11 is 0. The first-order chi connectivity index (χ1) is 7.43. The molecular weight excluding hydrogens is 186 g/mol. The summed E-state index contributed by atoms with van der Waals surface area (Å²) in [4.78, 5) is 11.5. The number of pyridine rings is 2. The van der Waals surface area contributed by atoms with Gasteiger partial charge in [0.15, 0.2) is 0 Å². The molecule has 0 aliphatic heterocycles. The number of aromatic amines is 1. The van der Waals surface area contributed by atoms with Crippen LogP contribution in [0, 0.1) is 0 Å². The Balaban J connectivity index is 2.21. The van der Waals surface area contributed by atoms with Gasteiger partial charge in [0.25, 0.3) is 0 Å². The second-order valence-electron chi connectivity index (χ2n) is 3.39. The molecule has 0 aliphatic rings. The lowest BCUT2D eigenvalue weighted by Gasteiger charge is -1.94. The minimum atomic E-state index is 1.08. The molecule has 15 heavy (non-hydrogen) atoms. The van der Waals surface area contributed by atoms with Crippen LogP contribution in [0.2, 0.25) is 0 Å². The molecule has 3 heterocycles. The number of fused-ring (bicyclic) bond motifs is 1. The van der Waals surface area contributed by atoms with Crippen molar-refractivity contribution in [3.63, 3.8) is 0 Å². The summed E-state index contributed by atoms with van der Waals surface area (Å²) in [5.41, 5.74) is 3.27. The lowest BCUT2D eigenvalue weighted by molar-refractivity contribution is 1.31. The number of H-pyrrole nitrogens is 1. The fourth-order valence-electron chi connectivity index (χ4n) is 1.65. The number of hydrogen-bond donors (Lipinski definition) is 1. The molecule has 0 fully saturated rings. The Kier molecular flexibility index (Phi) is 1.75. The Morgan fingerprint density at radius 3 is 2.73 bits per heavy atom. The van der Waals surface area contributed by atoms with Gasteiger partial charge in [0.1, 0.15) is 0 Å². The van der Waals surface area contributed by atoms with E-state index in [1.807, 2.05) is 30.6 Å². The first-order valence-corrected chi connectivity index (χ1v) is 4.76. The summed E-state index contributed by atoms with van der Waals surface area (Å²) in [5.74, 6) is 0. The molecule has 3 nitrogen and oxygen atoms in total. The van der Waals surface area contributed by atoms with Gasteiger partial charge in [0, 0.05) is 46.9 Å². The molecule has 3 heteroatoms. The van der Waals surface area contributed by atoms with Crippen LogP contribution in [0.15, 0.2) is 49.1 Å². The van der Waals surface area contributed by atoms with Gasteiger partial charge in [-0.05, 0) is 24.3 Å². The highest BCUT2D eigenvalue weighted by Gasteiger charge is 2.01. The zero-order valence-electron chi connectivity index (χ0n) is 8.01. The molecule has 0 spiro atoms. The van der Waals surface area contributed by atoms with Gasteiger partial charge < -0.3 is 4.98 Å². The van der Waals surface area contributed by atoms with Crippen molar-refractivity contribution in [1.82, 2.24) is 15.0 Å². The Bertz CT molecular complexity index is 551. The normalized spacial score (nSPS) is 10.7. The number of nitrogens with zero attached hydrogens (tertiary/aromatic N) is 2. The Hall–Kier alpha value is -2.16. The second-order valence-corrected chi connectivity index (χ2v) is 3.39. The summed E-state index contributed by atoms with van der Waals surface area (Å²) in [6.45, 7) is 0. The molecule has 0 amide bonds. The second kappa shape index (κ2) is 3.20. The fourth-order valence-corrected chi connectivity index (χ4v) is 1.65. The van der Waals surface area contributed by atoms with Crippen LogP contribution in [0.1, 0.15) is 0 Å². The Labute approximate surface area is 86.8 Å². The van der Waals surface area contributed by atoms with Gasteiger partial charge in [-0.25, -0.2) is 0 Å². The molecule has 0 unspecified atom stereocenters. The van der Waals surface area contributed by atoms with Crippen LogP contribution in [0.25, 0.3) is 22.2 Å². The highest BCUT2D eigenvalue weighted by Crippen LogP contribution is 2.22. The largest absolute Gasteiger partial charge is 0.354 e. The number of hydrogen-bond acceptors (Lipinski definition) is 2. The molecule has 0 atom stereocenters. The molecule has 72 valence electrons. The molecule has 0 aliphatic carbocycles. The summed E-state index contributed by atoms with van der Waals surface area (Å²) < 4.78 is 0. The van der Waals surface area contributed by atoms with E-state index in [0.29, 0.717) is 0 Å². The highest BCUT2D eigenvalue weighted by atomic mass is 14.7. The van der Waals surface area contributed by atoms with Crippen molar-refractivity contribution in [2.75, 3.05) is 0 Å². The third kappa shape index (κ3) is 1.38. The van der Waals surface area contributed by atoms with E-state index in [4.69, 9.17) is 0 Å². The first kappa shape index (κ1) is 8.17. The van der Waals surface area contributed by atoms with Gasteiger partial charge in [-0.1, -0.05) is 0 Å². The van der Waals surface area contributed by atoms with Crippen molar-refractivity contribution >= 4 is 10.9 Å². The van der Waals surface area contributed by atoms with Crippen LogP contribution >= 0.6 is 0 Å². The maximum Gasteiger partial charge on any atom is 0.0489 e. The van der Waals surface area contributed by atoms with Gasteiger partial charge in [0.05, 0.1) is 0 Å². The number of aromatic nitrogens is 3. The van der Waals surface area contributed by atoms with Crippen LogP contribution in [-0.2, 0) is 0 Å². The summed E-state index contributed by atoms with van der Waals surface area (Å²) in [6.07, 6.45) is 7.25. The van der Waals surface area contributed by atoms with Crippen LogP contribution in [0.5, 0.6) is 0 Å². The van der Waals surface area contributed by atoms with E-state index in [1.165, 1.54) is 0 Å². The molecule has 3 rings (SSSR count). The summed E-state index contributed by atoms with van der Waals surface area (Å²) in [7, 11) is 0. The summed E-state index contributed by atoms with van der Waals surface area (Å²) in [6, 6.07) is 8.01. The SMILES string of the molecule is c1cncc(-c2cc3cnccc3[nH]2)c1. The lowest BCUT2D eigenvalue weighted by atomic mass is 10.2. The van der Waals surface area contributed by atoms with Crippen molar-refractivity contribution in [1.29, 1.82) is 0 Å². The van der Waals surface area contributed by atoms with Crippen molar-refractivity contribution < 1.29 is 0 Å². The topological polar surface area (TPSA) is 41.6 Å². The standard InChI is InChI=1S/C12H9N3/c1-2-9(7-13-4-1)12-6-10-8-14-5-3-11(10)15-12/h1-8,15H. The smallest absolute Gasteiger partial charge is 0.0489 e. The van der Waals surface area contributed by atoms with Crippen LogP contribution in [0.3, 0.4) is 0 Å². The van der Waals surface area contributed by atoms with E-state index in [0.717, 1.165) is 22.2 Å². The predicted molar refractivity (Wildman–Crippen MR) is 59.3 cm³/mol. The van der Waals surface area contributed by atoms with Gasteiger partial charge in [0.2, 0.25) is 0 Å². The van der Waals surface area contributed by atoms with Crippen LogP contribution in [-0.4, -0.2) is 15.0 Å². The molecule has 0 saturated heterocycles. The van der Waals surface area contributed by atoms with E-state index in [2.05, 4.69) is 21.0 Å². The summed E-state index contributed by atoms with van der Waals surface area (Å²) in [5, 5.41) is 1.12. The van der Waals surface area contributed by atoms with Gasteiger partial charge in [-0.3, -0.25) is 9.97 Å². The van der Waals surface area contributed by atoms with E-state index < -0.39 is 0 Å². The molecule has 1 N–H and O–H groups in total. The van der Waals surface area contributed by atoms with Crippen molar-refractivity contribution in [2.24, 2.45) is 0 Å². The minimum Gasteiger partial charge on any atom is -0.354 e. The quantitative estimate of drug-likeness (QED) is 0.648.